The van der Waals surface area contributed by atoms with Gasteiger partial charge in [0.1, 0.15) is 0 Å². The predicted molar refractivity (Wildman–Crippen MR) is 75.8 cm³/mol. The number of fused-ring (bicyclic) bond motifs is 1. The summed E-state index contributed by atoms with van der Waals surface area (Å²) >= 11 is 7.46. The number of halogens is 1. The number of thiophene rings is 1. The van der Waals surface area contributed by atoms with Gasteiger partial charge in [0, 0.05) is 12.7 Å². The Morgan fingerprint density at radius 1 is 1.63 bits per heavy atom. The maximum Gasteiger partial charge on any atom is 0.264 e. The highest BCUT2D eigenvalue weighted by atomic mass is 35.5. The average molecular weight is 297 g/mol. The molecule has 1 fully saturated rings. The summed E-state index contributed by atoms with van der Waals surface area (Å²) in [4.78, 5) is 19.1. The largest absolute Gasteiger partial charge is 0.394 e. The van der Waals surface area contributed by atoms with E-state index in [-0.39, 0.29) is 18.6 Å². The highest BCUT2D eigenvalue weighted by molar-refractivity contribution is 7.21. The molecule has 0 bridgehead atoms. The Morgan fingerprint density at radius 3 is 3.21 bits per heavy atom. The van der Waals surface area contributed by atoms with E-state index in [1.54, 1.807) is 23.2 Å². The van der Waals surface area contributed by atoms with Gasteiger partial charge in [0.15, 0.2) is 0 Å². The van der Waals surface area contributed by atoms with Gasteiger partial charge in [-0.3, -0.25) is 9.78 Å². The van der Waals surface area contributed by atoms with Crippen molar-refractivity contribution in [3.8, 4) is 0 Å². The number of hydrogen-bond donors (Lipinski definition) is 1. The van der Waals surface area contributed by atoms with Gasteiger partial charge in [0.2, 0.25) is 0 Å². The van der Waals surface area contributed by atoms with Crippen molar-refractivity contribution >= 4 is 39.1 Å². The molecule has 1 aliphatic rings. The Balaban J connectivity index is 1.95. The summed E-state index contributed by atoms with van der Waals surface area (Å²) < 4.78 is 0.840. The van der Waals surface area contributed by atoms with E-state index in [9.17, 15) is 9.90 Å². The van der Waals surface area contributed by atoms with Gasteiger partial charge in [0.25, 0.3) is 5.91 Å². The van der Waals surface area contributed by atoms with Gasteiger partial charge in [-0.2, -0.15) is 0 Å². The van der Waals surface area contributed by atoms with Crippen molar-refractivity contribution in [2.24, 2.45) is 0 Å². The summed E-state index contributed by atoms with van der Waals surface area (Å²) in [6, 6.07) is 3.45. The van der Waals surface area contributed by atoms with E-state index in [2.05, 4.69) is 4.98 Å². The molecule has 1 saturated heterocycles. The van der Waals surface area contributed by atoms with Crippen LogP contribution in [0.15, 0.2) is 18.3 Å². The third-order valence-electron chi connectivity index (χ3n) is 3.42. The minimum atomic E-state index is -0.0545. The average Bonchev–Trinajstić information content (AvgIpc) is 3.04. The number of aliphatic hydroxyl groups excluding tert-OH is 1. The Labute approximate surface area is 119 Å². The third kappa shape index (κ3) is 2.22. The molecule has 0 unspecified atom stereocenters. The quantitative estimate of drug-likeness (QED) is 0.926. The van der Waals surface area contributed by atoms with Gasteiger partial charge in [-0.1, -0.05) is 11.6 Å². The van der Waals surface area contributed by atoms with Gasteiger partial charge < -0.3 is 10.0 Å². The lowest BCUT2D eigenvalue weighted by Gasteiger charge is -2.22. The van der Waals surface area contributed by atoms with E-state index < -0.39 is 0 Å². The molecule has 6 heteroatoms. The van der Waals surface area contributed by atoms with E-state index in [0.717, 1.165) is 23.1 Å². The molecule has 1 amide bonds. The van der Waals surface area contributed by atoms with Crippen LogP contribution in [0, 0.1) is 0 Å². The molecular formula is C13H13ClN2O2S. The van der Waals surface area contributed by atoms with Crippen molar-refractivity contribution in [2.45, 2.75) is 18.9 Å². The number of amides is 1. The van der Waals surface area contributed by atoms with Gasteiger partial charge >= 0.3 is 0 Å². The second kappa shape index (κ2) is 5.07. The first-order valence-corrected chi connectivity index (χ1v) is 7.36. The van der Waals surface area contributed by atoms with E-state index >= 15 is 0 Å². The monoisotopic (exact) mass is 296 g/mol. The molecule has 19 heavy (non-hydrogen) atoms. The number of pyridine rings is 1. The Bertz CT molecular complexity index is 628. The van der Waals surface area contributed by atoms with E-state index in [1.165, 1.54) is 11.3 Å². The number of hydrogen-bond acceptors (Lipinski definition) is 4. The second-order valence-electron chi connectivity index (χ2n) is 4.59. The van der Waals surface area contributed by atoms with Crippen molar-refractivity contribution in [1.82, 2.24) is 9.88 Å². The van der Waals surface area contributed by atoms with Crippen LogP contribution in [0.5, 0.6) is 0 Å². The summed E-state index contributed by atoms with van der Waals surface area (Å²) in [6.45, 7) is 0.731. The molecule has 0 radical (unpaired) electrons. The molecule has 0 saturated carbocycles. The van der Waals surface area contributed by atoms with Crippen molar-refractivity contribution in [3.63, 3.8) is 0 Å². The van der Waals surface area contributed by atoms with Crippen molar-refractivity contribution in [2.75, 3.05) is 13.2 Å². The maximum atomic E-state index is 12.5. The summed E-state index contributed by atoms with van der Waals surface area (Å²) in [6.07, 6.45) is 3.45. The molecule has 4 nitrogen and oxygen atoms in total. The fourth-order valence-electron chi connectivity index (χ4n) is 2.45. The molecule has 100 valence electrons. The lowest BCUT2D eigenvalue weighted by atomic mass is 10.2. The fourth-order valence-corrected chi connectivity index (χ4v) is 3.69. The molecule has 1 atom stereocenters. The Kier molecular flexibility index (Phi) is 3.43. The maximum absolute atomic E-state index is 12.5. The minimum absolute atomic E-state index is 0.0235. The molecule has 1 aliphatic heterocycles. The molecule has 2 aromatic heterocycles. The van der Waals surface area contributed by atoms with Gasteiger partial charge in [-0.15, -0.1) is 11.3 Å². The number of likely N-dealkylation sites (tertiary alicyclic amines) is 1. The van der Waals surface area contributed by atoms with E-state index in [1.807, 2.05) is 0 Å². The molecule has 1 N–H and O–H groups in total. The molecule has 3 rings (SSSR count). The molecule has 0 aromatic carbocycles. The summed E-state index contributed by atoms with van der Waals surface area (Å²) in [7, 11) is 0. The smallest absolute Gasteiger partial charge is 0.264 e. The molecule has 0 aliphatic carbocycles. The number of carbonyl (C=O) groups is 1. The van der Waals surface area contributed by atoms with Gasteiger partial charge in [-0.25, -0.2) is 0 Å². The van der Waals surface area contributed by atoms with Gasteiger partial charge in [0.05, 0.1) is 32.8 Å². The Morgan fingerprint density at radius 2 is 2.47 bits per heavy atom. The highest BCUT2D eigenvalue weighted by Crippen LogP contribution is 2.32. The lowest BCUT2D eigenvalue weighted by molar-refractivity contribution is 0.0682. The molecular weight excluding hydrogens is 284 g/mol. The lowest BCUT2D eigenvalue weighted by Crippen LogP contribution is -2.37. The van der Waals surface area contributed by atoms with Crippen LogP contribution in [0.2, 0.25) is 5.02 Å². The zero-order valence-corrected chi connectivity index (χ0v) is 11.7. The zero-order chi connectivity index (χ0) is 13.4. The standard InChI is InChI=1S/C13H13ClN2O2S/c14-9-3-4-15-10-6-11(19-12(9)10)13(18)16-5-1-2-8(16)7-17/h3-4,6,8,17H,1-2,5,7H2/t8-/m1/s1. The second-order valence-corrected chi connectivity index (χ2v) is 6.05. The first-order valence-electron chi connectivity index (χ1n) is 6.16. The van der Waals surface area contributed by atoms with Crippen LogP contribution in [0.1, 0.15) is 22.5 Å². The fraction of sp³-hybridized carbons (Fsp3) is 0.385. The summed E-state index contributed by atoms with van der Waals surface area (Å²) in [5.41, 5.74) is 0.751. The number of carbonyl (C=O) groups excluding carboxylic acids is 1. The molecule has 2 aromatic rings. The number of nitrogens with zero attached hydrogens (tertiary/aromatic N) is 2. The van der Waals surface area contributed by atoms with E-state index in [4.69, 9.17) is 11.6 Å². The van der Waals surface area contributed by atoms with Crippen LogP contribution in [-0.4, -0.2) is 40.1 Å². The number of aromatic nitrogens is 1. The SMILES string of the molecule is O=C(c1cc2nccc(Cl)c2s1)N1CCC[C@@H]1CO. The number of aliphatic hydroxyl groups is 1. The third-order valence-corrected chi connectivity index (χ3v) is 5.00. The van der Waals surface area contributed by atoms with Crippen LogP contribution in [-0.2, 0) is 0 Å². The van der Waals surface area contributed by atoms with Crippen LogP contribution in [0.25, 0.3) is 10.2 Å². The first kappa shape index (κ1) is 12.8. The predicted octanol–water partition coefficient (Wildman–Crippen LogP) is 2.55. The normalized spacial score (nSPS) is 19.3. The van der Waals surface area contributed by atoms with Crippen LogP contribution in [0.4, 0.5) is 0 Å². The van der Waals surface area contributed by atoms with Crippen molar-refractivity contribution in [3.05, 3.63) is 28.2 Å². The van der Waals surface area contributed by atoms with Crippen molar-refractivity contribution < 1.29 is 9.90 Å². The topological polar surface area (TPSA) is 53.4 Å². The van der Waals surface area contributed by atoms with Crippen LogP contribution < -0.4 is 0 Å². The van der Waals surface area contributed by atoms with E-state index in [0.29, 0.717) is 16.4 Å². The van der Waals surface area contributed by atoms with Gasteiger partial charge in [-0.05, 0) is 25.0 Å². The summed E-state index contributed by atoms with van der Waals surface area (Å²) in [5.74, 6) is -0.0318. The molecule has 0 spiro atoms. The van der Waals surface area contributed by atoms with Crippen molar-refractivity contribution in [1.29, 1.82) is 0 Å². The summed E-state index contributed by atoms with van der Waals surface area (Å²) in [5, 5.41) is 9.91. The number of rotatable bonds is 2. The van der Waals surface area contributed by atoms with Crippen LogP contribution in [0.3, 0.4) is 0 Å². The first-order chi connectivity index (χ1) is 9.20. The highest BCUT2D eigenvalue weighted by Gasteiger charge is 2.29. The van der Waals surface area contributed by atoms with Crippen LogP contribution >= 0.6 is 22.9 Å². The minimum Gasteiger partial charge on any atom is -0.394 e. The molecule has 3 heterocycles. The Hall–Kier alpha value is -1.17. The zero-order valence-electron chi connectivity index (χ0n) is 10.2.